The molecule has 4 nitrogen and oxygen atoms in total. The van der Waals surface area contributed by atoms with Gasteiger partial charge in [-0.3, -0.25) is 0 Å². The van der Waals surface area contributed by atoms with Crippen LogP contribution in [0.3, 0.4) is 0 Å². The quantitative estimate of drug-likeness (QED) is 0.788. The fraction of sp³-hybridized carbons (Fsp3) is 0.200. The van der Waals surface area contributed by atoms with Gasteiger partial charge in [-0.05, 0) is 30.7 Å². The normalized spacial score (nSPS) is 17.2. The van der Waals surface area contributed by atoms with Gasteiger partial charge in [0.15, 0.2) is 0 Å². The number of fused-ring (bicyclic) bond motifs is 1. The van der Waals surface area contributed by atoms with Gasteiger partial charge < -0.3 is 10.6 Å². The van der Waals surface area contributed by atoms with E-state index in [1.54, 1.807) is 0 Å². The van der Waals surface area contributed by atoms with Crippen LogP contribution in [0.1, 0.15) is 12.0 Å². The van der Waals surface area contributed by atoms with Gasteiger partial charge in [-0.25, -0.2) is 4.98 Å². The molecule has 3 aromatic rings. The Kier molecular flexibility index (Phi) is 3.64. The van der Waals surface area contributed by atoms with E-state index in [0.29, 0.717) is 5.56 Å². The third-order valence-electron chi connectivity index (χ3n) is 4.53. The lowest BCUT2D eigenvalue weighted by Crippen LogP contribution is -2.26. The van der Waals surface area contributed by atoms with E-state index in [1.165, 1.54) is 0 Å². The van der Waals surface area contributed by atoms with Crippen LogP contribution in [0, 0.1) is 11.3 Å². The molecule has 2 N–H and O–H groups in total. The molecule has 0 saturated carbocycles. The summed E-state index contributed by atoms with van der Waals surface area (Å²) >= 11 is 0. The van der Waals surface area contributed by atoms with Gasteiger partial charge in [0, 0.05) is 30.1 Å². The van der Waals surface area contributed by atoms with Crippen LogP contribution in [0.15, 0.2) is 54.6 Å². The lowest BCUT2D eigenvalue weighted by molar-refractivity contribution is 0.752. The van der Waals surface area contributed by atoms with Gasteiger partial charge in [-0.1, -0.05) is 30.3 Å². The largest absolute Gasteiger partial charge is 0.368 e. The molecule has 2 heterocycles. The fourth-order valence-corrected chi connectivity index (χ4v) is 3.30. The monoisotopic (exact) mass is 314 g/mol. The molecule has 1 unspecified atom stereocenters. The van der Waals surface area contributed by atoms with Crippen LogP contribution >= 0.6 is 0 Å². The van der Waals surface area contributed by atoms with E-state index in [0.717, 1.165) is 47.4 Å². The van der Waals surface area contributed by atoms with Crippen molar-refractivity contribution in [2.24, 2.45) is 5.73 Å². The Labute approximate surface area is 141 Å². The average molecular weight is 314 g/mol. The van der Waals surface area contributed by atoms with Crippen molar-refractivity contribution in [2.75, 3.05) is 18.0 Å². The Morgan fingerprint density at radius 1 is 1.12 bits per heavy atom. The number of pyridine rings is 1. The van der Waals surface area contributed by atoms with Gasteiger partial charge in [-0.2, -0.15) is 5.26 Å². The van der Waals surface area contributed by atoms with E-state index >= 15 is 0 Å². The zero-order chi connectivity index (χ0) is 16.5. The predicted octanol–water partition coefficient (Wildman–Crippen LogP) is 3.31. The van der Waals surface area contributed by atoms with Gasteiger partial charge >= 0.3 is 0 Å². The summed E-state index contributed by atoms with van der Waals surface area (Å²) in [4.78, 5) is 7.20. The summed E-state index contributed by atoms with van der Waals surface area (Å²) in [7, 11) is 0. The van der Waals surface area contributed by atoms with Crippen LogP contribution in [0.25, 0.3) is 22.2 Å². The highest BCUT2D eigenvalue weighted by molar-refractivity contribution is 5.89. The third-order valence-corrected chi connectivity index (χ3v) is 4.53. The Balaban J connectivity index is 1.92. The minimum Gasteiger partial charge on any atom is -0.368 e. The molecule has 1 fully saturated rings. The zero-order valence-corrected chi connectivity index (χ0v) is 13.3. The van der Waals surface area contributed by atoms with E-state index in [4.69, 9.17) is 10.7 Å². The molecule has 0 spiro atoms. The smallest absolute Gasteiger partial charge is 0.0991 e. The maximum Gasteiger partial charge on any atom is 0.0991 e. The molecule has 0 amide bonds. The van der Waals surface area contributed by atoms with Crippen molar-refractivity contribution in [3.8, 4) is 17.3 Å². The van der Waals surface area contributed by atoms with Gasteiger partial charge in [0.25, 0.3) is 0 Å². The Morgan fingerprint density at radius 3 is 2.79 bits per heavy atom. The molecule has 2 aromatic carbocycles. The van der Waals surface area contributed by atoms with Gasteiger partial charge in [0.05, 0.1) is 28.5 Å². The first-order chi connectivity index (χ1) is 11.7. The van der Waals surface area contributed by atoms with E-state index in [2.05, 4.69) is 23.1 Å². The number of nitriles is 1. The van der Waals surface area contributed by atoms with E-state index < -0.39 is 0 Å². The lowest BCUT2D eigenvalue weighted by atomic mass is 10.0. The molecule has 24 heavy (non-hydrogen) atoms. The van der Waals surface area contributed by atoms with Crippen molar-refractivity contribution in [3.63, 3.8) is 0 Å². The van der Waals surface area contributed by atoms with Crippen LogP contribution in [-0.4, -0.2) is 24.1 Å². The first-order valence-corrected chi connectivity index (χ1v) is 8.15. The Bertz CT molecular complexity index is 942. The topological polar surface area (TPSA) is 65.9 Å². The first-order valence-electron chi connectivity index (χ1n) is 8.15. The van der Waals surface area contributed by atoms with Gasteiger partial charge in [0.2, 0.25) is 0 Å². The average Bonchev–Trinajstić information content (AvgIpc) is 3.07. The molecule has 1 atom stereocenters. The third kappa shape index (κ3) is 2.60. The predicted molar refractivity (Wildman–Crippen MR) is 96.7 cm³/mol. The number of anilines is 1. The zero-order valence-electron chi connectivity index (χ0n) is 13.3. The molecular weight excluding hydrogens is 296 g/mol. The van der Waals surface area contributed by atoms with Crippen molar-refractivity contribution in [2.45, 2.75) is 12.5 Å². The molecule has 0 radical (unpaired) electrons. The molecule has 1 aliphatic rings. The van der Waals surface area contributed by atoms with Crippen LogP contribution in [-0.2, 0) is 0 Å². The highest BCUT2D eigenvalue weighted by Gasteiger charge is 2.23. The standard InChI is InChI=1S/C20H18N4/c21-12-14-4-3-6-16(10-14)20-19(24-9-8-17(22)13-24)11-15-5-1-2-7-18(15)23-20/h1-7,10-11,17H,8-9,13,22H2. The minimum atomic E-state index is 0.203. The second kappa shape index (κ2) is 5.95. The van der Waals surface area contributed by atoms with Gasteiger partial charge in [-0.15, -0.1) is 0 Å². The Morgan fingerprint density at radius 2 is 2.00 bits per heavy atom. The fourth-order valence-electron chi connectivity index (χ4n) is 3.30. The van der Waals surface area contributed by atoms with E-state index in [1.807, 2.05) is 42.5 Å². The molecule has 1 saturated heterocycles. The van der Waals surface area contributed by atoms with Crippen LogP contribution < -0.4 is 10.6 Å². The highest BCUT2D eigenvalue weighted by atomic mass is 15.2. The number of hydrogen-bond acceptors (Lipinski definition) is 4. The highest BCUT2D eigenvalue weighted by Crippen LogP contribution is 2.34. The summed E-state index contributed by atoms with van der Waals surface area (Å²) in [5, 5.41) is 10.3. The summed E-state index contributed by atoms with van der Waals surface area (Å²) < 4.78 is 0. The minimum absolute atomic E-state index is 0.203. The van der Waals surface area contributed by atoms with Gasteiger partial charge in [0.1, 0.15) is 0 Å². The summed E-state index contributed by atoms with van der Waals surface area (Å²) in [6.07, 6.45) is 0.991. The number of aromatic nitrogens is 1. The van der Waals surface area contributed by atoms with Crippen molar-refractivity contribution in [1.29, 1.82) is 5.26 Å². The molecule has 1 aliphatic heterocycles. The molecule has 0 aliphatic carbocycles. The van der Waals surface area contributed by atoms with Crippen LogP contribution in [0.2, 0.25) is 0 Å². The summed E-state index contributed by atoms with van der Waals surface area (Å²) in [5.41, 5.74) is 10.7. The Hall–Kier alpha value is -2.90. The van der Waals surface area contributed by atoms with E-state index in [-0.39, 0.29) is 6.04 Å². The summed E-state index contributed by atoms with van der Waals surface area (Å²) in [6.45, 7) is 1.77. The molecule has 4 heteroatoms. The van der Waals surface area contributed by atoms with Crippen molar-refractivity contribution in [3.05, 3.63) is 60.2 Å². The van der Waals surface area contributed by atoms with Crippen LogP contribution in [0.5, 0.6) is 0 Å². The summed E-state index contributed by atoms with van der Waals surface area (Å²) in [6, 6.07) is 20.4. The maximum atomic E-state index is 9.20. The molecule has 118 valence electrons. The number of para-hydroxylation sites is 1. The maximum absolute atomic E-state index is 9.20. The lowest BCUT2D eigenvalue weighted by Gasteiger charge is -2.22. The number of benzene rings is 2. The number of nitrogens with zero attached hydrogens (tertiary/aromatic N) is 3. The SMILES string of the molecule is N#Cc1cccc(-c2nc3ccccc3cc2N2CCC(N)C2)c1. The molecular formula is C20H18N4. The molecule has 4 rings (SSSR count). The molecule has 1 aromatic heterocycles. The van der Waals surface area contributed by atoms with Crippen molar-refractivity contribution < 1.29 is 0 Å². The van der Waals surface area contributed by atoms with E-state index in [9.17, 15) is 5.26 Å². The van der Waals surface area contributed by atoms with Crippen molar-refractivity contribution >= 4 is 16.6 Å². The second-order valence-electron chi connectivity index (χ2n) is 6.24. The van der Waals surface area contributed by atoms with Crippen LogP contribution in [0.4, 0.5) is 5.69 Å². The number of rotatable bonds is 2. The van der Waals surface area contributed by atoms with Crippen molar-refractivity contribution in [1.82, 2.24) is 4.98 Å². The molecule has 0 bridgehead atoms. The number of hydrogen-bond donors (Lipinski definition) is 1. The second-order valence-corrected chi connectivity index (χ2v) is 6.24. The summed E-state index contributed by atoms with van der Waals surface area (Å²) in [5.74, 6) is 0. The number of nitrogens with two attached hydrogens (primary N) is 1. The first kappa shape index (κ1) is 14.7.